The number of thioether (sulfide) groups is 1. The fraction of sp³-hybridized carbons (Fsp3) is 0.556. The van der Waals surface area contributed by atoms with Crippen LogP contribution in [-0.4, -0.2) is 59.7 Å². The van der Waals surface area contributed by atoms with E-state index in [4.69, 9.17) is 4.74 Å². The van der Waals surface area contributed by atoms with Crippen LogP contribution in [0.15, 0.2) is 24.3 Å². The van der Waals surface area contributed by atoms with Crippen molar-refractivity contribution in [3.8, 4) is 0 Å². The van der Waals surface area contributed by atoms with E-state index in [1.807, 2.05) is 24.3 Å². The third-order valence-electron chi connectivity index (χ3n) is 5.26. The van der Waals surface area contributed by atoms with E-state index in [-0.39, 0.29) is 22.7 Å². The van der Waals surface area contributed by atoms with Gasteiger partial charge in [0.15, 0.2) is 0 Å². The van der Waals surface area contributed by atoms with Crippen molar-refractivity contribution in [3.05, 3.63) is 24.3 Å². The van der Waals surface area contributed by atoms with Crippen molar-refractivity contribution in [2.24, 2.45) is 0 Å². The number of rotatable bonds is 3. The summed E-state index contributed by atoms with van der Waals surface area (Å²) in [6, 6.07) is 7.53. The van der Waals surface area contributed by atoms with Crippen LogP contribution in [0, 0.1) is 0 Å². The first-order chi connectivity index (χ1) is 12.1. The highest BCUT2D eigenvalue weighted by Gasteiger charge is 2.52. The second-order valence-electron chi connectivity index (χ2n) is 6.90. The Kier molecular flexibility index (Phi) is 4.37. The number of carbonyl (C=O) groups excluding carboxylic acids is 2. The van der Waals surface area contributed by atoms with Crippen LogP contribution in [-0.2, 0) is 14.3 Å². The van der Waals surface area contributed by atoms with Gasteiger partial charge in [0.2, 0.25) is 11.8 Å². The van der Waals surface area contributed by atoms with E-state index in [2.05, 4.69) is 17.1 Å². The topological polar surface area (TPSA) is 61.9 Å². The largest absolute Gasteiger partial charge is 0.378 e. The molecule has 1 aromatic rings. The molecule has 0 bridgehead atoms. The Morgan fingerprint density at radius 2 is 2.00 bits per heavy atom. The summed E-state index contributed by atoms with van der Waals surface area (Å²) in [7, 11) is 0. The Bertz CT molecular complexity index is 675. The summed E-state index contributed by atoms with van der Waals surface area (Å²) in [4.78, 5) is 28.7. The molecule has 0 aromatic heterocycles. The third kappa shape index (κ3) is 3.11. The van der Waals surface area contributed by atoms with Gasteiger partial charge in [-0.15, -0.1) is 11.8 Å². The van der Waals surface area contributed by atoms with Gasteiger partial charge in [-0.1, -0.05) is 0 Å². The molecule has 134 valence electrons. The second kappa shape index (κ2) is 6.53. The number of nitrogens with one attached hydrogen (secondary N) is 1. The van der Waals surface area contributed by atoms with E-state index >= 15 is 0 Å². The van der Waals surface area contributed by atoms with Crippen molar-refractivity contribution in [1.82, 2.24) is 4.90 Å². The fourth-order valence-electron chi connectivity index (χ4n) is 3.82. The minimum absolute atomic E-state index is 0.0920. The smallest absolute Gasteiger partial charge is 0.248 e. The van der Waals surface area contributed by atoms with Gasteiger partial charge in [-0.3, -0.25) is 9.59 Å². The number of hydrogen-bond acceptors (Lipinski definition) is 5. The number of morpholine rings is 1. The molecule has 7 heteroatoms. The molecule has 0 saturated carbocycles. The lowest BCUT2D eigenvalue weighted by atomic mass is 10.2. The molecule has 3 heterocycles. The summed E-state index contributed by atoms with van der Waals surface area (Å²) in [6.45, 7) is 5.34. The molecule has 25 heavy (non-hydrogen) atoms. The maximum Gasteiger partial charge on any atom is 0.248 e. The van der Waals surface area contributed by atoms with E-state index in [1.165, 1.54) is 0 Å². The Labute approximate surface area is 151 Å². The molecular weight excluding hydrogens is 338 g/mol. The molecule has 3 aliphatic heterocycles. The van der Waals surface area contributed by atoms with Crippen molar-refractivity contribution in [2.45, 2.75) is 30.7 Å². The van der Waals surface area contributed by atoms with Gasteiger partial charge >= 0.3 is 0 Å². The molecule has 4 rings (SSSR count). The molecule has 3 saturated heterocycles. The number of fused-ring (bicyclic) bond motifs is 1. The van der Waals surface area contributed by atoms with Crippen LogP contribution in [0.2, 0.25) is 0 Å². The Morgan fingerprint density at radius 3 is 2.72 bits per heavy atom. The van der Waals surface area contributed by atoms with Gasteiger partial charge in [0.25, 0.3) is 0 Å². The van der Waals surface area contributed by atoms with Gasteiger partial charge in [0.05, 0.1) is 18.1 Å². The summed E-state index contributed by atoms with van der Waals surface area (Å²) >= 11 is 1.71. The highest BCUT2D eigenvalue weighted by atomic mass is 32.2. The minimum Gasteiger partial charge on any atom is -0.378 e. The molecule has 0 unspecified atom stereocenters. The van der Waals surface area contributed by atoms with Crippen LogP contribution >= 0.6 is 11.8 Å². The number of benzene rings is 1. The van der Waals surface area contributed by atoms with E-state index in [9.17, 15) is 9.59 Å². The summed E-state index contributed by atoms with van der Waals surface area (Å²) in [5, 5.41) is 2.98. The van der Waals surface area contributed by atoms with Crippen molar-refractivity contribution < 1.29 is 14.3 Å². The normalized spacial score (nSPS) is 29.0. The maximum absolute atomic E-state index is 12.7. The van der Waals surface area contributed by atoms with Crippen LogP contribution in [0.3, 0.4) is 0 Å². The molecule has 3 fully saturated rings. The Balaban J connectivity index is 1.42. The van der Waals surface area contributed by atoms with Crippen LogP contribution in [0.4, 0.5) is 11.4 Å². The van der Waals surface area contributed by atoms with Crippen molar-refractivity contribution in [3.63, 3.8) is 0 Å². The maximum atomic E-state index is 12.7. The lowest BCUT2D eigenvalue weighted by Gasteiger charge is -2.30. The standard InChI is InChI=1S/C18H23N3O3S/c1-18-7-6-16(22)21(18)15(12-25-18)17(23)19-13-2-4-14(5-3-13)20-8-10-24-11-9-20/h2-5,15H,6-12H2,1H3,(H,19,23)/t15-,18+/m0/s1. The minimum atomic E-state index is -0.371. The second-order valence-corrected chi connectivity index (χ2v) is 8.40. The summed E-state index contributed by atoms with van der Waals surface area (Å²) < 4.78 is 5.37. The van der Waals surface area contributed by atoms with Crippen molar-refractivity contribution in [1.29, 1.82) is 0 Å². The molecule has 2 atom stereocenters. The van der Waals surface area contributed by atoms with E-state index in [0.717, 1.165) is 44.1 Å². The third-order valence-corrected chi connectivity index (χ3v) is 6.76. The first-order valence-corrected chi connectivity index (χ1v) is 9.75. The van der Waals surface area contributed by atoms with Crippen molar-refractivity contribution in [2.75, 3.05) is 42.3 Å². The molecule has 6 nitrogen and oxygen atoms in total. The van der Waals surface area contributed by atoms with Crippen LogP contribution in [0.5, 0.6) is 0 Å². The fourth-order valence-corrected chi connectivity index (χ4v) is 5.25. The lowest BCUT2D eigenvalue weighted by Crippen LogP contribution is -2.48. The zero-order valence-corrected chi connectivity index (χ0v) is 15.2. The number of amides is 2. The number of nitrogens with zero attached hydrogens (tertiary/aromatic N) is 2. The average Bonchev–Trinajstić information content (AvgIpc) is 3.13. The summed E-state index contributed by atoms with van der Waals surface area (Å²) in [6.07, 6.45) is 1.37. The number of carbonyl (C=O) groups is 2. The monoisotopic (exact) mass is 361 g/mol. The number of hydrogen-bond donors (Lipinski definition) is 1. The van der Waals surface area contributed by atoms with Crippen molar-refractivity contribution >= 4 is 35.0 Å². The lowest BCUT2D eigenvalue weighted by molar-refractivity contribution is -0.135. The number of ether oxygens (including phenoxy) is 1. The van der Waals surface area contributed by atoms with E-state index < -0.39 is 0 Å². The molecule has 2 amide bonds. The molecule has 0 radical (unpaired) electrons. The van der Waals surface area contributed by atoms with Gasteiger partial charge in [-0.2, -0.15) is 0 Å². The summed E-state index contributed by atoms with van der Waals surface area (Å²) in [5.41, 5.74) is 1.91. The highest BCUT2D eigenvalue weighted by Crippen LogP contribution is 2.47. The Morgan fingerprint density at radius 1 is 1.28 bits per heavy atom. The first kappa shape index (κ1) is 16.7. The van der Waals surface area contributed by atoms with Crippen LogP contribution < -0.4 is 10.2 Å². The SMILES string of the molecule is C[C@@]12CCC(=O)N1[C@H](C(=O)Nc1ccc(N3CCOCC3)cc1)CS2. The van der Waals surface area contributed by atoms with E-state index in [0.29, 0.717) is 12.2 Å². The Hall–Kier alpha value is -1.73. The molecule has 1 N–H and O–H groups in total. The van der Waals surface area contributed by atoms with E-state index in [1.54, 1.807) is 16.7 Å². The van der Waals surface area contributed by atoms with Gasteiger partial charge < -0.3 is 19.9 Å². The van der Waals surface area contributed by atoms with Crippen LogP contribution in [0.1, 0.15) is 19.8 Å². The van der Waals surface area contributed by atoms with Gasteiger partial charge in [0, 0.05) is 36.6 Å². The predicted octanol–water partition coefficient (Wildman–Crippen LogP) is 1.92. The molecule has 1 aromatic carbocycles. The zero-order chi connectivity index (χ0) is 17.4. The highest BCUT2D eigenvalue weighted by molar-refractivity contribution is 8.01. The zero-order valence-electron chi connectivity index (χ0n) is 14.4. The number of anilines is 2. The van der Waals surface area contributed by atoms with Gasteiger partial charge in [0.1, 0.15) is 6.04 Å². The predicted molar refractivity (Wildman–Crippen MR) is 98.8 cm³/mol. The molecule has 3 aliphatic rings. The average molecular weight is 361 g/mol. The molecule has 0 spiro atoms. The summed E-state index contributed by atoms with van der Waals surface area (Å²) in [5.74, 6) is 0.667. The first-order valence-electron chi connectivity index (χ1n) is 8.77. The van der Waals surface area contributed by atoms with Gasteiger partial charge in [-0.25, -0.2) is 0 Å². The molecular formula is C18H23N3O3S. The van der Waals surface area contributed by atoms with Gasteiger partial charge in [-0.05, 0) is 37.6 Å². The quantitative estimate of drug-likeness (QED) is 0.891. The molecule has 0 aliphatic carbocycles. The van der Waals surface area contributed by atoms with Crippen LogP contribution in [0.25, 0.3) is 0 Å².